The first kappa shape index (κ1) is 16.4. The molecule has 3 heterocycles. The summed E-state index contributed by atoms with van der Waals surface area (Å²) in [5, 5.41) is 0. The van der Waals surface area contributed by atoms with E-state index in [1.54, 1.807) is 7.11 Å². The van der Waals surface area contributed by atoms with E-state index in [0.29, 0.717) is 19.4 Å². The Hall–Kier alpha value is -1.41. The third-order valence-electron chi connectivity index (χ3n) is 4.77. The van der Waals surface area contributed by atoms with E-state index in [1.807, 2.05) is 0 Å². The van der Waals surface area contributed by atoms with Crippen LogP contribution in [0.25, 0.3) is 0 Å². The molecule has 0 amide bonds. The van der Waals surface area contributed by atoms with Crippen LogP contribution in [-0.2, 0) is 10.9 Å². The van der Waals surface area contributed by atoms with Gasteiger partial charge in [0.2, 0.25) is 5.88 Å². The monoisotopic (exact) mass is 331 g/mol. The van der Waals surface area contributed by atoms with Crippen molar-refractivity contribution in [1.29, 1.82) is 0 Å². The molecule has 2 aliphatic rings. The second-order valence-corrected chi connectivity index (χ2v) is 6.20. The molecule has 0 aromatic carbocycles. The van der Waals surface area contributed by atoms with Crippen LogP contribution in [0.4, 0.5) is 13.2 Å². The Morgan fingerprint density at radius 1 is 1.35 bits per heavy atom. The number of rotatable bonds is 5. The summed E-state index contributed by atoms with van der Waals surface area (Å²) < 4.78 is 48.8. The van der Waals surface area contributed by atoms with Crippen molar-refractivity contribution < 1.29 is 22.6 Å². The molecule has 2 saturated heterocycles. The summed E-state index contributed by atoms with van der Waals surface area (Å²) in [6.45, 7) is 1.99. The molecule has 0 saturated carbocycles. The van der Waals surface area contributed by atoms with Crippen LogP contribution in [0.15, 0.2) is 12.4 Å². The lowest BCUT2D eigenvalue weighted by Gasteiger charge is -2.34. The van der Waals surface area contributed by atoms with Crippen molar-refractivity contribution in [3.63, 3.8) is 0 Å². The van der Waals surface area contributed by atoms with Crippen LogP contribution in [0.3, 0.4) is 0 Å². The van der Waals surface area contributed by atoms with Crippen molar-refractivity contribution in [3.8, 4) is 5.88 Å². The van der Waals surface area contributed by atoms with Gasteiger partial charge in [0.25, 0.3) is 0 Å². The van der Waals surface area contributed by atoms with Crippen LogP contribution in [0.5, 0.6) is 5.88 Å². The lowest BCUT2D eigenvalue weighted by Crippen LogP contribution is -2.47. The van der Waals surface area contributed by atoms with Crippen molar-refractivity contribution >= 4 is 0 Å². The number of aromatic nitrogens is 2. The Bertz CT molecular complexity index is 555. The van der Waals surface area contributed by atoms with Gasteiger partial charge in [0.15, 0.2) is 5.69 Å². The van der Waals surface area contributed by atoms with Crippen LogP contribution >= 0.6 is 0 Å². The van der Waals surface area contributed by atoms with Crippen LogP contribution in [-0.4, -0.2) is 53.3 Å². The molecule has 2 atom stereocenters. The van der Waals surface area contributed by atoms with Gasteiger partial charge >= 0.3 is 6.18 Å². The van der Waals surface area contributed by atoms with E-state index in [9.17, 15) is 13.2 Å². The van der Waals surface area contributed by atoms with Crippen LogP contribution < -0.4 is 4.74 Å². The topological polar surface area (TPSA) is 47.5 Å². The number of ether oxygens (including phenoxy) is 2. The molecular formula is C15H20F3N3O2. The first-order chi connectivity index (χ1) is 10.9. The summed E-state index contributed by atoms with van der Waals surface area (Å²) in [5.41, 5.74) is -0.959. The fraction of sp³-hybridized carbons (Fsp3) is 0.733. The highest BCUT2D eigenvalue weighted by atomic mass is 19.4. The van der Waals surface area contributed by atoms with Crippen molar-refractivity contribution in [1.82, 2.24) is 14.9 Å². The molecule has 1 aromatic rings. The van der Waals surface area contributed by atoms with Gasteiger partial charge < -0.3 is 9.47 Å². The number of nitrogens with zero attached hydrogens (tertiary/aromatic N) is 3. The number of hydrogen-bond donors (Lipinski definition) is 0. The van der Waals surface area contributed by atoms with E-state index in [-0.39, 0.29) is 17.5 Å². The average Bonchev–Trinajstić information content (AvgIpc) is 3.04. The number of alkyl halides is 3. The fourth-order valence-corrected chi connectivity index (χ4v) is 3.79. The number of methoxy groups -OCH3 is 1. The molecule has 1 aromatic heterocycles. The van der Waals surface area contributed by atoms with Crippen molar-refractivity contribution in [3.05, 3.63) is 18.1 Å². The maximum atomic E-state index is 12.6. The molecular weight excluding hydrogens is 311 g/mol. The standard InChI is InChI=1S/C15H20F3N3O2/c1-22-10-14-4-2-6-21(14)11(3-5-14)9-23-13-8-19-7-12(20-13)15(16,17)18/h7-8,11H,2-6,9-10H2,1H3. The first-order valence-corrected chi connectivity index (χ1v) is 7.72. The smallest absolute Gasteiger partial charge is 0.435 e. The summed E-state index contributed by atoms with van der Waals surface area (Å²) in [7, 11) is 1.70. The van der Waals surface area contributed by atoms with Crippen LogP contribution in [0.1, 0.15) is 31.4 Å². The quantitative estimate of drug-likeness (QED) is 0.830. The highest BCUT2D eigenvalue weighted by Gasteiger charge is 2.49. The second-order valence-electron chi connectivity index (χ2n) is 6.20. The van der Waals surface area contributed by atoms with Gasteiger partial charge in [-0.15, -0.1) is 0 Å². The highest BCUT2D eigenvalue weighted by Crippen LogP contribution is 2.42. The van der Waals surface area contributed by atoms with E-state index >= 15 is 0 Å². The minimum absolute atomic E-state index is 0.0717. The van der Waals surface area contributed by atoms with Gasteiger partial charge in [0, 0.05) is 18.7 Å². The molecule has 0 radical (unpaired) electrons. The van der Waals surface area contributed by atoms with Gasteiger partial charge in [0.05, 0.1) is 19.0 Å². The van der Waals surface area contributed by atoms with Gasteiger partial charge in [-0.3, -0.25) is 9.88 Å². The molecule has 0 N–H and O–H groups in total. The molecule has 8 heteroatoms. The van der Waals surface area contributed by atoms with E-state index in [2.05, 4.69) is 14.9 Å². The third kappa shape index (κ3) is 3.28. The van der Waals surface area contributed by atoms with Crippen molar-refractivity contribution in [2.24, 2.45) is 0 Å². The second kappa shape index (κ2) is 6.24. The summed E-state index contributed by atoms with van der Waals surface area (Å²) in [6.07, 6.45) is 1.61. The summed E-state index contributed by atoms with van der Waals surface area (Å²) in [6, 6.07) is 0.184. The first-order valence-electron chi connectivity index (χ1n) is 7.72. The predicted octanol–water partition coefficient (Wildman–Crippen LogP) is 2.52. The van der Waals surface area contributed by atoms with E-state index < -0.39 is 11.9 Å². The lowest BCUT2D eigenvalue weighted by atomic mass is 9.95. The molecule has 0 aliphatic carbocycles. The average molecular weight is 331 g/mol. The molecule has 2 unspecified atom stereocenters. The molecule has 3 rings (SSSR count). The normalized spacial score (nSPS) is 28.1. The zero-order chi connectivity index (χ0) is 16.5. The van der Waals surface area contributed by atoms with E-state index in [0.717, 1.165) is 32.2 Å². The van der Waals surface area contributed by atoms with E-state index in [1.165, 1.54) is 6.20 Å². The molecule has 128 valence electrons. The maximum Gasteiger partial charge on any atom is 0.435 e. The summed E-state index contributed by atoms with van der Waals surface area (Å²) in [5.74, 6) is -0.0803. The van der Waals surface area contributed by atoms with Crippen LogP contribution in [0, 0.1) is 0 Å². The fourth-order valence-electron chi connectivity index (χ4n) is 3.79. The van der Waals surface area contributed by atoms with Crippen molar-refractivity contribution in [2.75, 3.05) is 26.9 Å². The Balaban J connectivity index is 1.63. The van der Waals surface area contributed by atoms with Gasteiger partial charge in [-0.25, -0.2) is 4.98 Å². The number of fused-ring (bicyclic) bond motifs is 1. The minimum Gasteiger partial charge on any atom is -0.475 e. The molecule has 2 fully saturated rings. The van der Waals surface area contributed by atoms with E-state index in [4.69, 9.17) is 9.47 Å². The van der Waals surface area contributed by atoms with Gasteiger partial charge in [-0.1, -0.05) is 0 Å². The third-order valence-corrected chi connectivity index (χ3v) is 4.77. The van der Waals surface area contributed by atoms with Crippen LogP contribution in [0.2, 0.25) is 0 Å². The highest BCUT2D eigenvalue weighted by molar-refractivity contribution is 5.11. The molecule has 0 bridgehead atoms. The van der Waals surface area contributed by atoms with Gasteiger partial charge in [0.1, 0.15) is 6.61 Å². The molecule has 0 spiro atoms. The summed E-state index contributed by atoms with van der Waals surface area (Å²) in [4.78, 5) is 9.44. The Morgan fingerprint density at radius 3 is 2.91 bits per heavy atom. The molecule has 5 nitrogen and oxygen atoms in total. The largest absolute Gasteiger partial charge is 0.475 e. The van der Waals surface area contributed by atoms with Crippen molar-refractivity contribution in [2.45, 2.75) is 43.4 Å². The summed E-state index contributed by atoms with van der Waals surface area (Å²) >= 11 is 0. The zero-order valence-corrected chi connectivity index (χ0v) is 13.0. The molecule has 23 heavy (non-hydrogen) atoms. The zero-order valence-electron chi connectivity index (χ0n) is 13.0. The minimum atomic E-state index is -4.51. The maximum absolute atomic E-state index is 12.6. The number of hydrogen-bond acceptors (Lipinski definition) is 5. The Morgan fingerprint density at radius 2 is 2.17 bits per heavy atom. The lowest BCUT2D eigenvalue weighted by molar-refractivity contribution is -0.141. The number of halogens is 3. The SMILES string of the molecule is COCC12CCCN1C(COc1cncc(C(F)(F)F)n1)CC2. The predicted molar refractivity (Wildman–Crippen MR) is 76.1 cm³/mol. The Labute approximate surface area is 132 Å². The molecule has 2 aliphatic heterocycles. The van der Waals surface area contributed by atoms with Gasteiger partial charge in [-0.2, -0.15) is 13.2 Å². The van der Waals surface area contributed by atoms with Gasteiger partial charge in [-0.05, 0) is 32.2 Å². The Kier molecular flexibility index (Phi) is 4.46.